The molecular formula is C8H10Br2O2. The molecule has 1 rings (SSSR count). The Bertz CT molecular complexity index is 225. The summed E-state index contributed by atoms with van der Waals surface area (Å²) in [6, 6.07) is 0. The number of rotatable bonds is 3. The van der Waals surface area contributed by atoms with E-state index in [1.165, 1.54) is 6.08 Å². The molecule has 1 atom stereocenters. The van der Waals surface area contributed by atoms with Gasteiger partial charge in [0.2, 0.25) is 0 Å². The molecule has 0 N–H and O–H groups in total. The third-order valence-electron chi connectivity index (χ3n) is 2.07. The number of hydrogen-bond acceptors (Lipinski definition) is 2. The van der Waals surface area contributed by atoms with Crippen LogP contribution in [0.15, 0.2) is 12.7 Å². The Kier molecular flexibility index (Phi) is 2.69. The molecule has 0 aliphatic heterocycles. The van der Waals surface area contributed by atoms with E-state index in [2.05, 4.69) is 38.4 Å². The van der Waals surface area contributed by atoms with E-state index in [-0.39, 0.29) is 14.6 Å². The van der Waals surface area contributed by atoms with Crippen molar-refractivity contribution >= 4 is 37.8 Å². The van der Waals surface area contributed by atoms with E-state index in [4.69, 9.17) is 4.74 Å². The van der Waals surface area contributed by atoms with Gasteiger partial charge in [0.25, 0.3) is 0 Å². The monoisotopic (exact) mass is 296 g/mol. The normalized spacial score (nSPS) is 30.9. The van der Waals surface area contributed by atoms with Crippen LogP contribution in [0.2, 0.25) is 0 Å². The Hall–Kier alpha value is 0.170. The first-order valence-electron chi connectivity index (χ1n) is 3.58. The first kappa shape index (κ1) is 10.3. The van der Waals surface area contributed by atoms with Gasteiger partial charge in [0, 0.05) is 11.5 Å². The standard InChI is InChI=1S/C8H10Br2O2/c1-3-6(11)12-5-7(2)4-8(7,9)10/h3H,1,4-5H2,2H3. The third kappa shape index (κ3) is 1.91. The molecule has 0 aromatic heterocycles. The van der Waals surface area contributed by atoms with E-state index in [0.717, 1.165) is 6.42 Å². The van der Waals surface area contributed by atoms with Gasteiger partial charge in [-0.25, -0.2) is 4.79 Å². The summed E-state index contributed by atoms with van der Waals surface area (Å²) in [5, 5.41) is 0. The average Bonchev–Trinajstić information content (AvgIpc) is 2.47. The van der Waals surface area contributed by atoms with Gasteiger partial charge in [-0.1, -0.05) is 45.4 Å². The van der Waals surface area contributed by atoms with Gasteiger partial charge in [-0.05, 0) is 6.42 Å². The van der Waals surface area contributed by atoms with Gasteiger partial charge >= 0.3 is 5.97 Å². The van der Waals surface area contributed by atoms with Crippen molar-refractivity contribution < 1.29 is 9.53 Å². The number of carbonyl (C=O) groups excluding carboxylic acids is 1. The van der Waals surface area contributed by atoms with Crippen LogP contribution in [0.3, 0.4) is 0 Å². The van der Waals surface area contributed by atoms with Crippen LogP contribution in [0.25, 0.3) is 0 Å². The van der Waals surface area contributed by atoms with E-state index in [1.54, 1.807) is 0 Å². The van der Waals surface area contributed by atoms with Crippen molar-refractivity contribution in [3.63, 3.8) is 0 Å². The van der Waals surface area contributed by atoms with Crippen LogP contribution in [0.5, 0.6) is 0 Å². The van der Waals surface area contributed by atoms with E-state index in [9.17, 15) is 4.79 Å². The van der Waals surface area contributed by atoms with Crippen molar-refractivity contribution in [2.24, 2.45) is 5.41 Å². The number of halogens is 2. The van der Waals surface area contributed by atoms with Crippen LogP contribution in [-0.2, 0) is 9.53 Å². The highest BCUT2D eigenvalue weighted by atomic mass is 79.9. The molecule has 0 aromatic carbocycles. The zero-order valence-electron chi connectivity index (χ0n) is 6.77. The highest BCUT2D eigenvalue weighted by Gasteiger charge is 2.62. The zero-order chi connectivity index (χ0) is 9.41. The molecular weight excluding hydrogens is 288 g/mol. The molecule has 2 nitrogen and oxygen atoms in total. The van der Waals surface area contributed by atoms with Crippen molar-refractivity contribution in [2.45, 2.75) is 16.6 Å². The topological polar surface area (TPSA) is 26.3 Å². The average molecular weight is 298 g/mol. The summed E-state index contributed by atoms with van der Waals surface area (Å²) >= 11 is 6.96. The Morgan fingerprint density at radius 2 is 2.25 bits per heavy atom. The summed E-state index contributed by atoms with van der Waals surface area (Å²) < 4.78 is 4.89. The summed E-state index contributed by atoms with van der Waals surface area (Å²) in [5.74, 6) is -0.362. The Morgan fingerprint density at radius 3 is 2.58 bits per heavy atom. The minimum absolute atomic E-state index is 0.0195. The minimum atomic E-state index is -0.362. The highest BCUT2D eigenvalue weighted by molar-refractivity contribution is 9.25. The van der Waals surface area contributed by atoms with Crippen LogP contribution < -0.4 is 0 Å². The van der Waals surface area contributed by atoms with Crippen LogP contribution in [0.4, 0.5) is 0 Å². The predicted molar refractivity (Wildman–Crippen MR) is 54.5 cm³/mol. The first-order chi connectivity index (χ1) is 5.41. The second-order valence-corrected chi connectivity index (χ2v) is 7.03. The summed E-state index contributed by atoms with van der Waals surface area (Å²) in [6.45, 7) is 5.79. The fraction of sp³-hybridized carbons (Fsp3) is 0.625. The van der Waals surface area contributed by atoms with Gasteiger partial charge in [-0.2, -0.15) is 0 Å². The second-order valence-electron chi connectivity index (χ2n) is 3.25. The molecule has 12 heavy (non-hydrogen) atoms. The minimum Gasteiger partial charge on any atom is -0.462 e. The summed E-state index contributed by atoms with van der Waals surface area (Å²) in [6.07, 6.45) is 2.14. The SMILES string of the molecule is C=CC(=O)OCC1(C)CC1(Br)Br. The maximum Gasteiger partial charge on any atom is 0.330 e. The zero-order valence-corrected chi connectivity index (χ0v) is 9.94. The maximum absolute atomic E-state index is 10.7. The number of esters is 1. The summed E-state index contributed by atoms with van der Waals surface area (Å²) in [5.41, 5.74) is 0.0195. The fourth-order valence-electron chi connectivity index (χ4n) is 0.892. The predicted octanol–water partition coefficient (Wildman–Crippen LogP) is 2.61. The van der Waals surface area contributed by atoms with E-state index >= 15 is 0 Å². The Labute approximate surface area is 88.6 Å². The van der Waals surface area contributed by atoms with Crippen molar-refractivity contribution in [2.75, 3.05) is 6.61 Å². The highest BCUT2D eigenvalue weighted by Crippen LogP contribution is 2.66. The molecule has 0 heterocycles. The molecule has 4 heteroatoms. The molecule has 0 bridgehead atoms. The van der Waals surface area contributed by atoms with E-state index in [0.29, 0.717) is 6.61 Å². The quantitative estimate of drug-likeness (QED) is 0.455. The molecule has 1 aliphatic rings. The van der Waals surface area contributed by atoms with Crippen molar-refractivity contribution in [3.8, 4) is 0 Å². The lowest BCUT2D eigenvalue weighted by Crippen LogP contribution is -2.15. The summed E-state index contributed by atoms with van der Waals surface area (Å²) in [4.78, 5) is 10.7. The molecule has 68 valence electrons. The number of carbonyl (C=O) groups is 1. The molecule has 0 saturated heterocycles. The Balaban J connectivity index is 2.35. The molecule has 0 radical (unpaired) electrons. The Morgan fingerprint density at radius 1 is 1.75 bits per heavy atom. The molecule has 1 saturated carbocycles. The maximum atomic E-state index is 10.7. The van der Waals surface area contributed by atoms with E-state index in [1.807, 2.05) is 6.92 Å². The van der Waals surface area contributed by atoms with E-state index < -0.39 is 0 Å². The molecule has 1 fully saturated rings. The molecule has 0 aromatic rings. The number of hydrogen-bond donors (Lipinski definition) is 0. The van der Waals surface area contributed by atoms with Gasteiger partial charge in [-0.15, -0.1) is 0 Å². The van der Waals surface area contributed by atoms with Gasteiger partial charge in [0.15, 0.2) is 0 Å². The third-order valence-corrected chi connectivity index (χ3v) is 4.55. The molecule has 0 spiro atoms. The summed E-state index contributed by atoms with van der Waals surface area (Å²) in [7, 11) is 0. The second kappa shape index (κ2) is 3.14. The lowest BCUT2D eigenvalue weighted by atomic mass is 10.2. The smallest absolute Gasteiger partial charge is 0.330 e. The van der Waals surface area contributed by atoms with Crippen LogP contribution in [0, 0.1) is 5.41 Å². The van der Waals surface area contributed by atoms with Gasteiger partial charge in [-0.3, -0.25) is 0 Å². The van der Waals surface area contributed by atoms with Crippen LogP contribution in [-0.4, -0.2) is 15.8 Å². The lowest BCUT2D eigenvalue weighted by molar-refractivity contribution is -0.139. The first-order valence-corrected chi connectivity index (χ1v) is 5.17. The van der Waals surface area contributed by atoms with Crippen molar-refractivity contribution in [3.05, 3.63) is 12.7 Å². The molecule has 1 unspecified atom stereocenters. The van der Waals surface area contributed by atoms with Crippen LogP contribution in [0.1, 0.15) is 13.3 Å². The molecule has 1 aliphatic carbocycles. The van der Waals surface area contributed by atoms with Gasteiger partial charge < -0.3 is 4.74 Å². The lowest BCUT2D eigenvalue weighted by Gasteiger charge is -2.11. The van der Waals surface area contributed by atoms with Crippen molar-refractivity contribution in [1.29, 1.82) is 0 Å². The fourth-order valence-corrected chi connectivity index (χ4v) is 2.36. The van der Waals surface area contributed by atoms with Gasteiger partial charge in [0.1, 0.15) is 0 Å². The largest absolute Gasteiger partial charge is 0.462 e. The molecule has 0 amide bonds. The number of ether oxygens (including phenoxy) is 1. The number of alkyl halides is 2. The van der Waals surface area contributed by atoms with Crippen molar-refractivity contribution in [1.82, 2.24) is 0 Å². The van der Waals surface area contributed by atoms with Crippen LogP contribution >= 0.6 is 31.9 Å². The van der Waals surface area contributed by atoms with Gasteiger partial charge in [0.05, 0.1) is 9.84 Å².